The third kappa shape index (κ3) is 2.96. The number of nitrogens with one attached hydrogen (secondary N) is 1. The molecular formula is C14H12F3NO2. The van der Waals surface area contributed by atoms with E-state index >= 15 is 0 Å². The third-order valence-corrected chi connectivity index (χ3v) is 2.72. The first-order valence-corrected chi connectivity index (χ1v) is 5.75. The van der Waals surface area contributed by atoms with Gasteiger partial charge in [-0.25, -0.2) is 13.2 Å². The Morgan fingerprint density at radius 2 is 1.75 bits per heavy atom. The van der Waals surface area contributed by atoms with Crippen molar-refractivity contribution in [2.75, 3.05) is 12.4 Å². The molecule has 0 aliphatic heterocycles. The van der Waals surface area contributed by atoms with E-state index in [9.17, 15) is 13.2 Å². The van der Waals surface area contributed by atoms with Crippen LogP contribution in [0.2, 0.25) is 0 Å². The standard InChI is InChI=1S/C14H12F3NO2/c1-20-13-6-9(15)2-3-12(13)18-7-8-4-10(16)14(19)11(17)5-8/h2-6,18-19H,7H2,1H3. The Hall–Kier alpha value is -2.37. The molecule has 0 saturated heterocycles. The summed E-state index contributed by atoms with van der Waals surface area (Å²) in [5.41, 5.74) is 0.784. The van der Waals surface area contributed by atoms with E-state index in [1.165, 1.54) is 25.3 Å². The fraction of sp³-hybridized carbons (Fsp3) is 0.143. The fourth-order valence-corrected chi connectivity index (χ4v) is 1.73. The van der Waals surface area contributed by atoms with Crippen molar-refractivity contribution in [3.8, 4) is 11.5 Å². The Kier molecular flexibility index (Phi) is 4.02. The average molecular weight is 283 g/mol. The number of phenols is 1. The Balaban J connectivity index is 2.17. The van der Waals surface area contributed by atoms with Gasteiger partial charge in [-0.3, -0.25) is 0 Å². The van der Waals surface area contributed by atoms with Crippen LogP contribution in [0.1, 0.15) is 5.56 Å². The van der Waals surface area contributed by atoms with E-state index in [1.807, 2.05) is 0 Å². The molecule has 0 saturated carbocycles. The van der Waals surface area contributed by atoms with Crippen LogP contribution in [0.3, 0.4) is 0 Å². The molecular weight excluding hydrogens is 271 g/mol. The summed E-state index contributed by atoms with van der Waals surface area (Å²) in [4.78, 5) is 0. The molecule has 6 heteroatoms. The van der Waals surface area contributed by atoms with Gasteiger partial charge in [-0.15, -0.1) is 0 Å². The lowest BCUT2D eigenvalue weighted by Gasteiger charge is -2.11. The minimum Gasteiger partial charge on any atom is -0.503 e. The van der Waals surface area contributed by atoms with Gasteiger partial charge in [0.05, 0.1) is 12.8 Å². The topological polar surface area (TPSA) is 41.5 Å². The van der Waals surface area contributed by atoms with Crippen molar-refractivity contribution < 1.29 is 23.0 Å². The highest BCUT2D eigenvalue weighted by Crippen LogP contribution is 2.26. The maximum absolute atomic E-state index is 13.2. The van der Waals surface area contributed by atoms with Gasteiger partial charge in [0.1, 0.15) is 11.6 Å². The van der Waals surface area contributed by atoms with Gasteiger partial charge in [0.2, 0.25) is 0 Å². The van der Waals surface area contributed by atoms with E-state index in [0.29, 0.717) is 11.3 Å². The maximum atomic E-state index is 13.2. The Bertz CT molecular complexity index is 609. The van der Waals surface area contributed by atoms with Crippen molar-refractivity contribution in [2.45, 2.75) is 6.54 Å². The molecule has 2 rings (SSSR count). The molecule has 2 N–H and O–H groups in total. The van der Waals surface area contributed by atoms with Gasteiger partial charge in [0.25, 0.3) is 0 Å². The summed E-state index contributed by atoms with van der Waals surface area (Å²) >= 11 is 0. The summed E-state index contributed by atoms with van der Waals surface area (Å²) in [7, 11) is 1.39. The minimum atomic E-state index is -1.03. The maximum Gasteiger partial charge on any atom is 0.187 e. The quantitative estimate of drug-likeness (QED) is 0.903. The molecule has 0 heterocycles. The van der Waals surface area contributed by atoms with Gasteiger partial charge in [-0.05, 0) is 29.8 Å². The molecule has 0 fully saturated rings. The second-order valence-corrected chi connectivity index (χ2v) is 4.11. The van der Waals surface area contributed by atoms with Gasteiger partial charge in [-0.1, -0.05) is 0 Å². The molecule has 3 nitrogen and oxygen atoms in total. The van der Waals surface area contributed by atoms with Crippen LogP contribution in [0.5, 0.6) is 11.5 Å². The summed E-state index contributed by atoms with van der Waals surface area (Å²) in [6, 6.07) is 5.92. The first-order chi connectivity index (χ1) is 9.51. The lowest BCUT2D eigenvalue weighted by atomic mass is 10.2. The van der Waals surface area contributed by atoms with Crippen molar-refractivity contribution in [3.05, 3.63) is 53.3 Å². The van der Waals surface area contributed by atoms with E-state index in [4.69, 9.17) is 9.84 Å². The number of methoxy groups -OCH3 is 1. The van der Waals surface area contributed by atoms with Crippen molar-refractivity contribution >= 4 is 5.69 Å². The van der Waals surface area contributed by atoms with Gasteiger partial charge in [0.15, 0.2) is 17.4 Å². The highest BCUT2D eigenvalue weighted by molar-refractivity contribution is 5.56. The van der Waals surface area contributed by atoms with Crippen molar-refractivity contribution in [3.63, 3.8) is 0 Å². The van der Waals surface area contributed by atoms with Crippen LogP contribution in [0, 0.1) is 17.5 Å². The molecule has 0 aliphatic rings. The third-order valence-electron chi connectivity index (χ3n) is 2.72. The molecule has 106 valence electrons. The summed E-state index contributed by atoms with van der Waals surface area (Å²) < 4.78 is 44.3. The molecule has 0 spiro atoms. The van der Waals surface area contributed by atoms with Gasteiger partial charge < -0.3 is 15.2 Å². The fourth-order valence-electron chi connectivity index (χ4n) is 1.73. The number of aromatic hydroxyl groups is 1. The molecule has 0 atom stereocenters. The van der Waals surface area contributed by atoms with Crippen molar-refractivity contribution in [1.82, 2.24) is 0 Å². The SMILES string of the molecule is COc1cc(F)ccc1NCc1cc(F)c(O)c(F)c1. The van der Waals surface area contributed by atoms with Crippen LogP contribution in [-0.4, -0.2) is 12.2 Å². The lowest BCUT2D eigenvalue weighted by molar-refractivity contribution is 0.395. The zero-order valence-electron chi connectivity index (χ0n) is 10.6. The van der Waals surface area contributed by atoms with Crippen LogP contribution < -0.4 is 10.1 Å². The van der Waals surface area contributed by atoms with Gasteiger partial charge in [-0.2, -0.15) is 0 Å². The molecule has 2 aromatic rings. The Morgan fingerprint density at radius 3 is 2.35 bits per heavy atom. The molecule has 0 unspecified atom stereocenters. The predicted molar refractivity (Wildman–Crippen MR) is 68.3 cm³/mol. The monoisotopic (exact) mass is 283 g/mol. The molecule has 20 heavy (non-hydrogen) atoms. The number of rotatable bonds is 4. The highest BCUT2D eigenvalue weighted by Gasteiger charge is 2.10. The molecule has 0 aromatic heterocycles. The summed E-state index contributed by atoms with van der Waals surface area (Å²) in [6.45, 7) is 0.0934. The number of anilines is 1. The van der Waals surface area contributed by atoms with E-state index < -0.39 is 23.2 Å². The second-order valence-electron chi connectivity index (χ2n) is 4.11. The number of halogens is 3. The Morgan fingerprint density at radius 1 is 1.10 bits per heavy atom. The van der Waals surface area contributed by atoms with Crippen LogP contribution in [-0.2, 0) is 6.54 Å². The van der Waals surface area contributed by atoms with Crippen LogP contribution in [0.4, 0.5) is 18.9 Å². The zero-order chi connectivity index (χ0) is 14.7. The molecule has 0 radical (unpaired) electrons. The average Bonchev–Trinajstić information content (AvgIpc) is 2.43. The normalized spacial score (nSPS) is 10.4. The summed E-state index contributed by atoms with van der Waals surface area (Å²) in [5.74, 6) is -3.24. The van der Waals surface area contributed by atoms with Gasteiger partial charge >= 0.3 is 0 Å². The molecule has 2 aromatic carbocycles. The van der Waals surface area contributed by atoms with Crippen LogP contribution in [0.15, 0.2) is 30.3 Å². The summed E-state index contributed by atoms with van der Waals surface area (Å²) in [6.07, 6.45) is 0. The predicted octanol–water partition coefficient (Wildman–Crippen LogP) is 3.43. The number of hydrogen-bond donors (Lipinski definition) is 2. The van der Waals surface area contributed by atoms with E-state index in [0.717, 1.165) is 12.1 Å². The zero-order valence-corrected chi connectivity index (χ0v) is 10.6. The van der Waals surface area contributed by atoms with Crippen molar-refractivity contribution in [1.29, 1.82) is 0 Å². The smallest absolute Gasteiger partial charge is 0.187 e. The van der Waals surface area contributed by atoms with E-state index in [1.54, 1.807) is 0 Å². The molecule has 0 aliphatic carbocycles. The number of phenolic OH excluding ortho intramolecular Hbond substituents is 1. The van der Waals surface area contributed by atoms with Crippen molar-refractivity contribution in [2.24, 2.45) is 0 Å². The minimum absolute atomic E-state index is 0.0934. The van der Waals surface area contributed by atoms with Crippen LogP contribution in [0.25, 0.3) is 0 Å². The van der Waals surface area contributed by atoms with E-state index in [-0.39, 0.29) is 12.3 Å². The highest BCUT2D eigenvalue weighted by atomic mass is 19.1. The van der Waals surface area contributed by atoms with Gasteiger partial charge in [0, 0.05) is 12.6 Å². The van der Waals surface area contributed by atoms with Crippen LogP contribution >= 0.6 is 0 Å². The lowest BCUT2D eigenvalue weighted by Crippen LogP contribution is -2.03. The molecule has 0 bridgehead atoms. The molecule has 0 amide bonds. The first-order valence-electron chi connectivity index (χ1n) is 5.75. The Labute approximate surface area is 113 Å². The second kappa shape index (κ2) is 5.73. The number of benzene rings is 2. The summed E-state index contributed by atoms with van der Waals surface area (Å²) in [5, 5.41) is 11.9. The van der Waals surface area contributed by atoms with E-state index in [2.05, 4.69) is 5.32 Å². The largest absolute Gasteiger partial charge is 0.503 e. The number of ether oxygens (including phenoxy) is 1. The number of hydrogen-bond acceptors (Lipinski definition) is 3. The first kappa shape index (κ1) is 14.0.